The molecule has 0 radical (unpaired) electrons. The quantitative estimate of drug-likeness (QED) is 0.495. The van der Waals surface area contributed by atoms with E-state index < -0.39 is 0 Å². The molecule has 154 valence electrons. The van der Waals surface area contributed by atoms with Crippen LogP contribution in [0.25, 0.3) is 0 Å². The standard InChI is InChI=1S/C19H37N7O/c1-6-17-24-23-15-25(17)8-7-20-18(21-13-16(2)3)22-14-19(4,5)26-9-11-27-12-10-26/h15-16H,6-14H2,1-5H3,(H2,20,21,22). The van der Waals surface area contributed by atoms with Gasteiger partial charge < -0.3 is 19.9 Å². The van der Waals surface area contributed by atoms with Gasteiger partial charge in [0.1, 0.15) is 12.2 Å². The van der Waals surface area contributed by atoms with Gasteiger partial charge in [0.15, 0.2) is 5.96 Å². The van der Waals surface area contributed by atoms with Crippen LogP contribution < -0.4 is 10.6 Å². The average Bonchev–Trinajstić information content (AvgIpc) is 3.11. The van der Waals surface area contributed by atoms with Gasteiger partial charge in [-0.1, -0.05) is 20.8 Å². The molecular weight excluding hydrogens is 342 g/mol. The zero-order valence-corrected chi connectivity index (χ0v) is 17.7. The Labute approximate surface area is 163 Å². The molecule has 1 aromatic rings. The maximum Gasteiger partial charge on any atom is 0.191 e. The van der Waals surface area contributed by atoms with Crippen LogP contribution in [0, 0.1) is 5.92 Å². The third-order valence-electron chi connectivity index (χ3n) is 4.83. The highest BCUT2D eigenvalue weighted by Crippen LogP contribution is 2.16. The molecule has 0 atom stereocenters. The second-order valence-corrected chi connectivity index (χ2v) is 8.07. The Balaban J connectivity index is 1.92. The molecule has 0 unspecified atom stereocenters. The molecular formula is C19H37N7O. The summed E-state index contributed by atoms with van der Waals surface area (Å²) in [5, 5.41) is 15.0. The molecule has 1 saturated heterocycles. The molecule has 1 aromatic heterocycles. The van der Waals surface area contributed by atoms with E-state index in [0.717, 1.165) is 70.7 Å². The number of hydrogen-bond acceptors (Lipinski definition) is 5. The van der Waals surface area contributed by atoms with E-state index in [9.17, 15) is 0 Å². The van der Waals surface area contributed by atoms with Gasteiger partial charge in [-0.15, -0.1) is 10.2 Å². The predicted octanol–water partition coefficient (Wildman–Crippen LogP) is 1.14. The summed E-state index contributed by atoms with van der Waals surface area (Å²) in [6.45, 7) is 17.8. The van der Waals surface area contributed by atoms with E-state index in [1.54, 1.807) is 6.33 Å². The number of hydrogen-bond donors (Lipinski definition) is 2. The lowest BCUT2D eigenvalue weighted by Gasteiger charge is -2.40. The van der Waals surface area contributed by atoms with Gasteiger partial charge in [-0.05, 0) is 19.8 Å². The van der Waals surface area contributed by atoms with Crippen molar-refractivity contribution in [3.63, 3.8) is 0 Å². The Morgan fingerprint density at radius 3 is 2.70 bits per heavy atom. The van der Waals surface area contributed by atoms with Gasteiger partial charge in [-0.3, -0.25) is 9.89 Å². The molecule has 8 heteroatoms. The zero-order chi connectivity index (χ0) is 19.7. The highest BCUT2D eigenvalue weighted by Gasteiger charge is 2.28. The van der Waals surface area contributed by atoms with Gasteiger partial charge in [0.25, 0.3) is 0 Å². The summed E-state index contributed by atoms with van der Waals surface area (Å²) in [7, 11) is 0. The van der Waals surface area contributed by atoms with Crippen LogP contribution in [0.3, 0.4) is 0 Å². The van der Waals surface area contributed by atoms with E-state index in [4.69, 9.17) is 9.73 Å². The Morgan fingerprint density at radius 2 is 2.04 bits per heavy atom. The van der Waals surface area contributed by atoms with E-state index in [1.165, 1.54) is 0 Å². The molecule has 2 rings (SSSR count). The number of nitrogens with zero attached hydrogens (tertiary/aromatic N) is 5. The van der Waals surface area contributed by atoms with Crippen LogP contribution in [-0.2, 0) is 17.7 Å². The fourth-order valence-electron chi connectivity index (χ4n) is 3.05. The number of nitrogens with one attached hydrogen (secondary N) is 2. The topological polar surface area (TPSA) is 79.6 Å². The van der Waals surface area contributed by atoms with Crippen LogP contribution in [0.5, 0.6) is 0 Å². The van der Waals surface area contributed by atoms with E-state index in [0.29, 0.717) is 5.92 Å². The number of guanidine groups is 1. The lowest BCUT2D eigenvalue weighted by molar-refractivity contribution is -0.00684. The number of aliphatic imine (C=N–C) groups is 1. The molecule has 8 nitrogen and oxygen atoms in total. The number of rotatable bonds is 9. The summed E-state index contributed by atoms with van der Waals surface area (Å²) in [4.78, 5) is 7.34. The van der Waals surface area contributed by atoms with E-state index in [-0.39, 0.29) is 5.54 Å². The molecule has 27 heavy (non-hydrogen) atoms. The second kappa shape index (κ2) is 10.6. The molecule has 0 aliphatic carbocycles. The first-order valence-electron chi connectivity index (χ1n) is 10.1. The highest BCUT2D eigenvalue weighted by atomic mass is 16.5. The Kier molecular flexibility index (Phi) is 8.50. The van der Waals surface area contributed by atoms with Crippen LogP contribution in [0.15, 0.2) is 11.3 Å². The minimum atomic E-state index is 0.0138. The number of morpholine rings is 1. The number of aryl methyl sites for hydroxylation is 1. The van der Waals surface area contributed by atoms with Crippen molar-refractivity contribution in [2.75, 3.05) is 45.9 Å². The molecule has 1 aliphatic heterocycles. The molecule has 2 N–H and O–H groups in total. The largest absolute Gasteiger partial charge is 0.379 e. The van der Waals surface area contributed by atoms with Gasteiger partial charge in [0.2, 0.25) is 0 Å². The summed E-state index contributed by atoms with van der Waals surface area (Å²) >= 11 is 0. The normalized spacial score (nSPS) is 16.7. The van der Waals surface area contributed by atoms with E-state index >= 15 is 0 Å². The van der Waals surface area contributed by atoms with Gasteiger partial charge in [-0.25, -0.2) is 0 Å². The lowest BCUT2D eigenvalue weighted by atomic mass is 10.0. The number of ether oxygens (including phenoxy) is 1. The van der Waals surface area contributed by atoms with Crippen LogP contribution in [0.1, 0.15) is 40.4 Å². The maximum atomic E-state index is 5.48. The van der Waals surface area contributed by atoms with E-state index in [2.05, 4.69) is 64.9 Å². The van der Waals surface area contributed by atoms with Gasteiger partial charge >= 0.3 is 0 Å². The second-order valence-electron chi connectivity index (χ2n) is 8.07. The molecule has 1 fully saturated rings. The third kappa shape index (κ3) is 7.10. The summed E-state index contributed by atoms with van der Waals surface area (Å²) in [6, 6.07) is 0. The summed E-state index contributed by atoms with van der Waals surface area (Å²) < 4.78 is 7.57. The van der Waals surface area contributed by atoms with Gasteiger partial charge in [0.05, 0.1) is 19.8 Å². The van der Waals surface area contributed by atoms with Crippen molar-refractivity contribution in [1.29, 1.82) is 0 Å². The third-order valence-corrected chi connectivity index (χ3v) is 4.83. The van der Waals surface area contributed by atoms with Crippen molar-refractivity contribution in [3.05, 3.63) is 12.2 Å². The smallest absolute Gasteiger partial charge is 0.191 e. The fourth-order valence-corrected chi connectivity index (χ4v) is 3.05. The fraction of sp³-hybridized carbons (Fsp3) is 0.842. The van der Waals surface area contributed by atoms with Gasteiger partial charge in [-0.2, -0.15) is 0 Å². The molecule has 1 aliphatic rings. The first kappa shape index (κ1) is 21.6. The molecule has 0 spiro atoms. The Bertz CT molecular complexity index is 576. The molecule has 0 aromatic carbocycles. The average molecular weight is 380 g/mol. The van der Waals surface area contributed by atoms with Crippen LogP contribution in [0.4, 0.5) is 0 Å². The van der Waals surface area contributed by atoms with Crippen molar-refractivity contribution in [2.45, 2.75) is 53.1 Å². The first-order valence-corrected chi connectivity index (χ1v) is 10.1. The lowest BCUT2D eigenvalue weighted by Crippen LogP contribution is -2.52. The summed E-state index contributed by atoms with van der Waals surface area (Å²) in [5.74, 6) is 2.45. The van der Waals surface area contributed by atoms with Crippen molar-refractivity contribution in [1.82, 2.24) is 30.3 Å². The van der Waals surface area contributed by atoms with Crippen LogP contribution >= 0.6 is 0 Å². The highest BCUT2D eigenvalue weighted by molar-refractivity contribution is 5.79. The Morgan fingerprint density at radius 1 is 1.30 bits per heavy atom. The van der Waals surface area contributed by atoms with Crippen molar-refractivity contribution in [2.24, 2.45) is 10.9 Å². The first-order chi connectivity index (χ1) is 12.9. The minimum absolute atomic E-state index is 0.0138. The van der Waals surface area contributed by atoms with Gasteiger partial charge in [0, 0.05) is 44.7 Å². The molecule has 2 heterocycles. The molecule has 0 bridgehead atoms. The minimum Gasteiger partial charge on any atom is -0.379 e. The summed E-state index contributed by atoms with van der Waals surface area (Å²) in [5.41, 5.74) is 0.0138. The predicted molar refractivity (Wildman–Crippen MR) is 109 cm³/mol. The molecule has 0 saturated carbocycles. The van der Waals surface area contributed by atoms with Crippen LogP contribution in [0.2, 0.25) is 0 Å². The molecule has 0 amide bonds. The Hall–Kier alpha value is -1.67. The van der Waals surface area contributed by atoms with E-state index in [1.807, 2.05) is 0 Å². The zero-order valence-electron chi connectivity index (χ0n) is 17.7. The maximum absolute atomic E-state index is 5.48. The van der Waals surface area contributed by atoms with Crippen molar-refractivity contribution >= 4 is 5.96 Å². The monoisotopic (exact) mass is 379 g/mol. The van der Waals surface area contributed by atoms with Crippen molar-refractivity contribution < 1.29 is 4.74 Å². The van der Waals surface area contributed by atoms with Crippen molar-refractivity contribution in [3.8, 4) is 0 Å². The summed E-state index contributed by atoms with van der Waals surface area (Å²) in [6.07, 6.45) is 2.68. The van der Waals surface area contributed by atoms with Crippen LogP contribution in [-0.4, -0.2) is 77.1 Å². The SMILES string of the molecule is CCc1nncn1CCNC(=NCC(C)(C)N1CCOCC1)NCC(C)C. The number of aromatic nitrogens is 3.